The second-order valence-electron chi connectivity index (χ2n) is 9.15. The normalized spacial score (nSPS) is 23.0. The average Bonchev–Trinajstić information content (AvgIpc) is 3.31. The van der Waals surface area contributed by atoms with Gasteiger partial charge in [0.15, 0.2) is 0 Å². The number of piperidine rings is 1. The van der Waals surface area contributed by atoms with Gasteiger partial charge in [-0.1, -0.05) is 0 Å². The van der Waals surface area contributed by atoms with Crippen LogP contribution in [0.4, 0.5) is 9.18 Å². The van der Waals surface area contributed by atoms with Crippen LogP contribution in [-0.2, 0) is 10.0 Å². The Bertz CT molecular complexity index is 1350. The number of aromatic amines is 1. The molecule has 1 amide bonds. The molecule has 170 valence electrons. The van der Waals surface area contributed by atoms with Crippen LogP contribution in [0.15, 0.2) is 23.4 Å². The number of hydrogen-bond acceptors (Lipinski definition) is 5. The number of rotatable bonds is 4. The van der Waals surface area contributed by atoms with E-state index in [2.05, 4.69) is 19.7 Å². The lowest BCUT2D eigenvalue weighted by molar-refractivity contribution is 0.106. The standard InChI is InChI=1S/C21H24FN5O4S/c1-11-7-12(3-6-27(11)20(28)29)18-17-13-8-14(22)16(32(30,31)26-21(2)4-5-21)9-15(13)25-19(17)24-10-23-18/h8-12,26H,3-7H2,1-2H3,(H,28,29)(H,23,24,25)/t11-,12?/m0/s1. The van der Waals surface area contributed by atoms with Crippen molar-refractivity contribution in [2.24, 2.45) is 0 Å². The lowest BCUT2D eigenvalue weighted by Gasteiger charge is -2.35. The molecule has 11 heteroatoms. The summed E-state index contributed by atoms with van der Waals surface area (Å²) in [6.07, 6.45) is 3.10. The van der Waals surface area contributed by atoms with Crippen LogP contribution in [0, 0.1) is 5.82 Å². The summed E-state index contributed by atoms with van der Waals surface area (Å²) in [6.45, 7) is 4.04. The molecule has 2 aliphatic rings. The number of amides is 1. The largest absolute Gasteiger partial charge is 0.465 e. The zero-order valence-corrected chi connectivity index (χ0v) is 18.5. The van der Waals surface area contributed by atoms with Gasteiger partial charge in [-0.25, -0.2) is 32.3 Å². The minimum atomic E-state index is -4.01. The summed E-state index contributed by atoms with van der Waals surface area (Å²) in [5.74, 6) is -0.855. The Balaban J connectivity index is 1.58. The lowest BCUT2D eigenvalue weighted by atomic mass is 9.87. The van der Waals surface area contributed by atoms with Crippen molar-refractivity contribution in [1.82, 2.24) is 24.6 Å². The fourth-order valence-electron chi connectivity index (χ4n) is 4.64. The van der Waals surface area contributed by atoms with Crippen LogP contribution in [-0.4, -0.2) is 57.6 Å². The number of hydrogen-bond donors (Lipinski definition) is 3. The van der Waals surface area contributed by atoms with Crippen LogP contribution in [0.3, 0.4) is 0 Å². The quantitative estimate of drug-likeness (QED) is 0.547. The second-order valence-corrected chi connectivity index (χ2v) is 10.8. The number of nitrogens with zero attached hydrogens (tertiary/aromatic N) is 3. The molecule has 0 radical (unpaired) electrons. The molecule has 1 unspecified atom stereocenters. The molecular formula is C21H24FN5O4S. The van der Waals surface area contributed by atoms with Crippen molar-refractivity contribution in [2.75, 3.05) is 6.54 Å². The molecule has 1 aliphatic heterocycles. The van der Waals surface area contributed by atoms with Crippen LogP contribution in [0.25, 0.3) is 21.9 Å². The van der Waals surface area contributed by atoms with Gasteiger partial charge in [0.05, 0.1) is 5.69 Å². The molecular weight excluding hydrogens is 437 g/mol. The van der Waals surface area contributed by atoms with Crippen molar-refractivity contribution in [3.05, 3.63) is 30.0 Å². The van der Waals surface area contributed by atoms with E-state index in [1.807, 2.05) is 6.92 Å². The average molecular weight is 462 g/mol. The number of likely N-dealkylation sites (tertiary alicyclic amines) is 1. The Labute approximate surface area is 184 Å². The van der Waals surface area contributed by atoms with E-state index in [4.69, 9.17) is 0 Å². The third kappa shape index (κ3) is 3.49. The lowest BCUT2D eigenvalue weighted by Crippen LogP contribution is -2.43. The van der Waals surface area contributed by atoms with Gasteiger partial charge in [-0.15, -0.1) is 0 Å². The summed E-state index contributed by atoms with van der Waals surface area (Å²) in [7, 11) is -4.01. The van der Waals surface area contributed by atoms with Gasteiger partial charge < -0.3 is 15.0 Å². The van der Waals surface area contributed by atoms with E-state index in [-0.39, 0.29) is 12.0 Å². The summed E-state index contributed by atoms with van der Waals surface area (Å²) in [6, 6.07) is 2.35. The molecule has 2 fully saturated rings. The highest BCUT2D eigenvalue weighted by atomic mass is 32.2. The van der Waals surface area contributed by atoms with Gasteiger partial charge in [-0.3, -0.25) is 0 Å². The topological polar surface area (TPSA) is 128 Å². The van der Waals surface area contributed by atoms with E-state index in [0.29, 0.717) is 41.3 Å². The molecule has 2 aromatic heterocycles. The summed E-state index contributed by atoms with van der Waals surface area (Å²) in [4.78, 5) is 24.2. The molecule has 1 saturated heterocycles. The zero-order valence-electron chi connectivity index (χ0n) is 17.7. The maximum Gasteiger partial charge on any atom is 0.407 e. The Morgan fingerprint density at radius 1 is 1.34 bits per heavy atom. The smallest absolute Gasteiger partial charge is 0.407 e. The van der Waals surface area contributed by atoms with Gasteiger partial charge >= 0.3 is 6.09 Å². The molecule has 9 nitrogen and oxygen atoms in total. The number of H-pyrrole nitrogens is 1. The van der Waals surface area contributed by atoms with E-state index < -0.39 is 32.4 Å². The minimum Gasteiger partial charge on any atom is -0.465 e. The number of benzene rings is 1. The molecule has 5 rings (SSSR count). The first kappa shape index (κ1) is 21.1. The highest BCUT2D eigenvalue weighted by Crippen LogP contribution is 2.39. The number of carbonyl (C=O) groups is 1. The van der Waals surface area contributed by atoms with Gasteiger partial charge in [-0.2, -0.15) is 0 Å². The molecule has 32 heavy (non-hydrogen) atoms. The molecule has 3 aromatic rings. The monoisotopic (exact) mass is 461 g/mol. The fourth-order valence-corrected chi connectivity index (χ4v) is 6.19. The Kier molecular flexibility index (Phi) is 4.68. The first-order valence-electron chi connectivity index (χ1n) is 10.6. The first-order chi connectivity index (χ1) is 15.1. The molecule has 3 heterocycles. The Hall–Kier alpha value is -2.79. The number of nitrogens with one attached hydrogen (secondary N) is 2. The van der Waals surface area contributed by atoms with E-state index in [9.17, 15) is 18.3 Å². The van der Waals surface area contributed by atoms with Crippen molar-refractivity contribution < 1.29 is 22.7 Å². The van der Waals surface area contributed by atoms with Crippen LogP contribution in [0.1, 0.15) is 51.1 Å². The maximum atomic E-state index is 15.0. The second kappa shape index (κ2) is 7.11. The van der Waals surface area contributed by atoms with Crippen molar-refractivity contribution >= 4 is 38.1 Å². The van der Waals surface area contributed by atoms with Gasteiger partial charge in [0, 0.05) is 40.3 Å². The molecule has 3 N–H and O–H groups in total. The van der Waals surface area contributed by atoms with E-state index in [1.165, 1.54) is 23.4 Å². The van der Waals surface area contributed by atoms with Crippen LogP contribution < -0.4 is 4.72 Å². The van der Waals surface area contributed by atoms with Crippen molar-refractivity contribution in [2.45, 2.75) is 61.9 Å². The van der Waals surface area contributed by atoms with Crippen LogP contribution in [0.2, 0.25) is 0 Å². The number of halogens is 1. The van der Waals surface area contributed by atoms with Crippen LogP contribution in [0.5, 0.6) is 0 Å². The SMILES string of the molecule is C[C@H]1CC(c2ncnc3[nH]c4cc(S(=O)(=O)NC5(C)CC5)c(F)cc4c23)CCN1C(=O)O. The van der Waals surface area contributed by atoms with Crippen molar-refractivity contribution in [3.63, 3.8) is 0 Å². The molecule has 1 saturated carbocycles. The van der Waals surface area contributed by atoms with Crippen molar-refractivity contribution in [1.29, 1.82) is 0 Å². The highest BCUT2D eigenvalue weighted by molar-refractivity contribution is 7.89. The number of fused-ring (bicyclic) bond motifs is 3. The summed E-state index contributed by atoms with van der Waals surface area (Å²) < 4.78 is 43.1. The van der Waals surface area contributed by atoms with Gasteiger partial charge in [0.2, 0.25) is 10.0 Å². The van der Waals surface area contributed by atoms with Gasteiger partial charge in [-0.05, 0) is 51.7 Å². The summed E-state index contributed by atoms with van der Waals surface area (Å²) in [5, 5.41) is 10.5. The number of aromatic nitrogens is 3. The minimum absolute atomic E-state index is 0.0203. The fraction of sp³-hybridized carbons (Fsp3) is 0.476. The summed E-state index contributed by atoms with van der Waals surface area (Å²) >= 11 is 0. The highest BCUT2D eigenvalue weighted by Gasteiger charge is 2.42. The molecule has 0 spiro atoms. The van der Waals surface area contributed by atoms with Crippen molar-refractivity contribution in [3.8, 4) is 0 Å². The van der Waals surface area contributed by atoms with Crippen LogP contribution >= 0.6 is 0 Å². The third-order valence-corrected chi connectivity index (χ3v) is 8.30. The van der Waals surface area contributed by atoms with E-state index in [0.717, 1.165) is 18.5 Å². The molecule has 2 atom stereocenters. The predicted molar refractivity (Wildman–Crippen MR) is 115 cm³/mol. The number of sulfonamides is 1. The Morgan fingerprint density at radius 2 is 2.09 bits per heavy atom. The molecule has 0 bridgehead atoms. The van der Waals surface area contributed by atoms with E-state index in [1.54, 1.807) is 6.92 Å². The van der Waals surface area contributed by atoms with E-state index >= 15 is 4.39 Å². The van der Waals surface area contributed by atoms with Gasteiger partial charge in [0.25, 0.3) is 0 Å². The summed E-state index contributed by atoms with van der Waals surface area (Å²) in [5.41, 5.74) is 1.16. The Morgan fingerprint density at radius 3 is 2.75 bits per heavy atom. The predicted octanol–water partition coefficient (Wildman–Crippen LogP) is 3.33. The zero-order chi connectivity index (χ0) is 22.8. The first-order valence-corrected chi connectivity index (χ1v) is 12.1. The van der Waals surface area contributed by atoms with Gasteiger partial charge in [0.1, 0.15) is 22.7 Å². The molecule has 1 aliphatic carbocycles. The number of carboxylic acid groups (broad SMARTS) is 1. The third-order valence-electron chi connectivity index (χ3n) is 6.65. The molecule has 1 aromatic carbocycles. The maximum absolute atomic E-state index is 15.0.